The van der Waals surface area contributed by atoms with Crippen molar-refractivity contribution >= 4 is 5.97 Å². The van der Waals surface area contributed by atoms with Crippen molar-refractivity contribution in [1.29, 1.82) is 0 Å². The first-order chi connectivity index (χ1) is 34.6. The van der Waals surface area contributed by atoms with Crippen LogP contribution in [0, 0.1) is 0 Å². The van der Waals surface area contributed by atoms with Gasteiger partial charge < -0.3 is 64.2 Å². The first-order valence-electron chi connectivity index (χ1n) is 25.8. The van der Waals surface area contributed by atoms with Gasteiger partial charge in [0.2, 0.25) is 0 Å². The Morgan fingerprint density at radius 1 is 0.465 bits per heavy atom. The zero-order valence-corrected chi connectivity index (χ0v) is 42.4. The van der Waals surface area contributed by atoms with Crippen LogP contribution in [-0.2, 0) is 33.2 Å². The zero-order chi connectivity index (χ0) is 51.6. The van der Waals surface area contributed by atoms with Crippen molar-refractivity contribution in [2.75, 3.05) is 33.0 Å². The quantitative estimate of drug-likeness (QED) is 0.0178. The van der Waals surface area contributed by atoms with E-state index in [2.05, 4.69) is 141 Å². The third-order valence-corrected chi connectivity index (χ3v) is 11.2. The molecule has 0 aliphatic carbocycles. The van der Waals surface area contributed by atoms with Gasteiger partial charge in [-0.25, -0.2) is 0 Å². The highest BCUT2D eigenvalue weighted by atomic mass is 16.7. The van der Waals surface area contributed by atoms with Gasteiger partial charge in [0.15, 0.2) is 12.6 Å². The summed E-state index contributed by atoms with van der Waals surface area (Å²) in [6.07, 6.45) is 43.9. The smallest absolute Gasteiger partial charge is 0.306 e. The number of esters is 1. The normalized spacial score (nSPS) is 26.4. The number of aliphatic hydroxyl groups is 7. The number of hydrogen-bond donors (Lipinski definition) is 7. The fraction of sp³-hybridized carbons (Fsp3) is 0.596. The number of carbonyl (C=O) groups is 1. The Hall–Kier alpha value is -3.87. The maximum absolute atomic E-state index is 13.0. The lowest BCUT2D eigenvalue weighted by molar-refractivity contribution is -0.332. The molecule has 0 spiro atoms. The predicted molar refractivity (Wildman–Crippen MR) is 279 cm³/mol. The molecule has 2 aliphatic rings. The van der Waals surface area contributed by atoms with E-state index in [0.29, 0.717) is 19.4 Å². The van der Waals surface area contributed by atoms with Crippen LogP contribution < -0.4 is 0 Å². The second-order valence-corrected chi connectivity index (χ2v) is 17.2. The van der Waals surface area contributed by atoms with E-state index in [4.69, 9.17) is 28.4 Å². The van der Waals surface area contributed by atoms with E-state index in [-0.39, 0.29) is 19.6 Å². The third-order valence-electron chi connectivity index (χ3n) is 11.2. The predicted octanol–water partition coefficient (Wildman–Crippen LogP) is 7.96. The molecular formula is C57H88O14. The zero-order valence-electron chi connectivity index (χ0n) is 42.4. The van der Waals surface area contributed by atoms with Gasteiger partial charge >= 0.3 is 5.97 Å². The lowest BCUT2D eigenvalue weighted by Crippen LogP contribution is -2.61. The molecule has 71 heavy (non-hydrogen) atoms. The topological polar surface area (TPSA) is 214 Å². The summed E-state index contributed by atoms with van der Waals surface area (Å²) in [5.74, 6) is -0.459. The Morgan fingerprint density at radius 3 is 1.28 bits per heavy atom. The molecule has 14 nitrogen and oxygen atoms in total. The molecule has 11 unspecified atom stereocenters. The number of allylic oxidation sites excluding steroid dienone is 22. The van der Waals surface area contributed by atoms with Crippen LogP contribution in [0.3, 0.4) is 0 Å². The molecule has 2 rings (SSSR count). The Balaban J connectivity index is 1.83. The average Bonchev–Trinajstić information content (AvgIpc) is 3.37. The van der Waals surface area contributed by atoms with Gasteiger partial charge in [-0.3, -0.25) is 4.79 Å². The maximum atomic E-state index is 13.0. The number of unbranched alkanes of at least 4 members (excludes halogenated alkanes) is 2. The van der Waals surface area contributed by atoms with Crippen LogP contribution in [0.25, 0.3) is 0 Å². The number of hydrogen-bond acceptors (Lipinski definition) is 14. The van der Waals surface area contributed by atoms with E-state index in [0.717, 1.165) is 83.5 Å². The largest absolute Gasteiger partial charge is 0.457 e. The molecule has 2 saturated heterocycles. The first-order valence-corrected chi connectivity index (χ1v) is 25.8. The molecule has 400 valence electrons. The number of rotatable bonds is 38. The van der Waals surface area contributed by atoms with Crippen LogP contribution in [0.5, 0.6) is 0 Å². The summed E-state index contributed by atoms with van der Waals surface area (Å²) in [4.78, 5) is 13.0. The highest BCUT2D eigenvalue weighted by molar-refractivity contribution is 5.69. The second-order valence-electron chi connectivity index (χ2n) is 17.2. The Labute approximate surface area is 424 Å². The molecule has 0 radical (unpaired) electrons. The van der Waals surface area contributed by atoms with Crippen LogP contribution in [0.15, 0.2) is 134 Å². The standard InChI is InChI=1S/C57H88O14/c1-3-5-7-9-11-13-15-17-19-21-22-23-25-27-29-31-33-35-37-39-41-66-43-46(69-49(59)40-38-36-34-32-30-28-26-24-20-18-16-14-12-10-8-6-4-2)44-67-56-55(65)53(63)51(61)48(71-56)45-68-57-54(64)52(62)50(60)47(42-58)70-57/h5-8,11-14,17-20,22-23,26-29,32-35,46-48,50-58,60-65H,3-4,9-10,15-16,21,24-25,30-31,36-45H2,1-2H3/b7-5-,8-6-,13-11-,14-12-,19-17-,20-18-,23-22-,28-26-,29-27-,34-32-,35-33-. The van der Waals surface area contributed by atoms with E-state index >= 15 is 0 Å². The van der Waals surface area contributed by atoms with Crippen molar-refractivity contribution in [2.24, 2.45) is 0 Å². The molecule has 2 heterocycles. The molecule has 2 aliphatic heterocycles. The first kappa shape index (κ1) is 63.2. The average molecular weight is 997 g/mol. The van der Waals surface area contributed by atoms with Gasteiger partial charge in [0, 0.05) is 13.0 Å². The van der Waals surface area contributed by atoms with Gasteiger partial charge in [-0.1, -0.05) is 148 Å². The minimum atomic E-state index is -1.74. The molecule has 0 aromatic rings. The van der Waals surface area contributed by atoms with E-state index in [1.807, 2.05) is 6.08 Å². The highest BCUT2D eigenvalue weighted by Crippen LogP contribution is 2.26. The molecular weight excluding hydrogens is 909 g/mol. The minimum Gasteiger partial charge on any atom is -0.457 e. The maximum Gasteiger partial charge on any atom is 0.306 e. The lowest BCUT2D eigenvalue weighted by atomic mass is 9.98. The van der Waals surface area contributed by atoms with Crippen LogP contribution >= 0.6 is 0 Å². The van der Waals surface area contributed by atoms with Crippen LogP contribution in [0.2, 0.25) is 0 Å². The molecule has 0 aromatic heterocycles. The summed E-state index contributed by atoms with van der Waals surface area (Å²) < 4.78 is 34.1. The number of carbonyl (C=O) groups excluding carboxylic acids is 1. The van der Waals surface area contributed by atoms with Crippen molar-refractivity contribution < 1.29 is 69.0 Å². The number of aliphatic hydroxyl groups excluding tert-OH is 7. The van der Waals surface area contributed by atoms with E-state index in [1.165, 1.54) is 0 Å². The van der Waals surface area contributed by atoms with Gasteiger partial charge in [-0.05, 0) is 96.3 Å². The highest BCUT2D eigenvalue weighted by Gasteiger charge is 2.47. The SMILES string of the molecule is CC/C=C\C/C=C\C/C=C\C/C=C\C/C=C\C/C=C\CCCOCC(COC1OC(COC2OC(CO)C(O)C(O)C2O)C(O)C(O)C1O)OC(=O)CCC/C=C\C/C=C\C/C=C\C/C=C\C/C=C\CC. The molecule has 11 atom stereocenters. The third kappa shape index (κ3) is 30.1. The molecule has 0 bridgehead atoms. The van der Waals surface area contributed by atoms with Crippen LogP contribution in [0.4, 0.5) is 0 Å². The Morgan fingerprint density at radius 2 is 0.845 bits per heavy atom. The van der Waals surface area contributed by atoms with Crippen molar-refractivity contribution in [1.82, 2.24) is 0 Å². The summed E-state index contributed by atoms with van der Waals surface area (Å²) in [7, 11) is 0. The van der Waals surface area contributed by atoms with Crippen molar-refractivity contribution in [3.63, 3.8) is 0 Å². The molecule has 0 amide bonds. The fourth-order valence-corrected chi connectivity index (χ4v) is 7.04. The molecule has 14 heteroatoms. The van der Waals surface area contributed by atoms with Gasteiger partial charge in [0.05, 0.1) is 26.4 Å². The van der Waals surface area contributed by atoms with E-state index < -0.39 is 86.7 Å². The Bertz CT molecular complexity index is 1680. The van der Waals surface area contributed by atoms with E-state index in [9.17, 15) is 40.5 Å². The van der Waals surface area contributed by atoms with Crippen LogP contribution in [0.1, 0.15) is 117 Å². The lowest BCUT2D eigenvalue weighted by Gasteiger charge is -2.42. The van der Waals surface area contributed by atoms with Crippen molar-refractivity contribution in [3.8, 4) is 0 Å². The van der Waals surface area contributed by atoms with Gasteiger partial charge in [-0.2, -0.15) is 0 Å². The van der Waals surface area contributed by atoms with E-state index in [1.54, 1.807) is 0 Å². The summed E-state index contributed by atoms with van der Waals surface area (Å²) in [6, 6.07) is 0. The van der Waals surface area contributed by atoms with Crippen molar-refractivity contribution in [3.05, 3.63) is 134 Å². The van der Waals surface area contributed by atoms with Crippen LogP contribution in [-0.4, -0.2) is 142 Å². The van der Waals surface area contributed by atoms with Gasteiger partial charge in [-0.15, -0.1) is 0 Å². The molecule has 2 fully saturated rings. The van der Waals surface area contributed by atoms with Gasteiger partial charge in [0.1, 0.15) is 54.9 Å². The summed E-state index contributed by atoms with van der Waals surface area (Å²) in [5, 5.41) is 72.2. The minimum absolute atomic E-state index is 0.0120. The number of ether oxygens (including phenoxy) is 6. The fourth-order valence-electron chi connectivity index (χ4n) is 7.04. The molecule has 0 aromatic carbocycles. The molecule has 7 N–H and O–H groups in total. The van der Waals surface area contributed by atoms with Gasteiger partial charge in [0.25, 0.3) is 0 Å². The van der Waals surface area contributed by atoms with Crippen molar-refractivity contribution in [2.45, 2.75) is 184 Å². The molecule has 0 saturated carbocycles. The summed E-state index contributed by atoms with van der Waals surface area (Å²) >= 11 is 0. The second kappa shape index (κ2) is 42.6. The summed E-state index contributed by atoms with van der Waals surface area (Å²) in [6.45, 7) is 3.18. The monoisotopic (exact) mass is 997 g/mol. The Kier molecular flexibility index (Phi) is 38.0. The summed E-state index contributed by atoms with van der Waals surface area (Å²) in [5.41, 5.74) is 0.